The average molecular weight is 226 g/mol. The summed E-state index contributed by atoms with van der Waals surface area (Å²) in [6, 6.07) is 0.349. The molecule has 0 aromatic rings. The Balaban J connectivity index is 1.97. The molecule has 1 atom stereocenters. The van der Waals surface area contributed by atoms with Crippen molar-refractivity contribution < 1.29 is 9.90 Å². The molecule has 1 saturated heterocycles. The van der Waals surface area contributed by atoms with Gasteiger partial charge in [-0.25, -0.2) is 0 Å². The van der Waals surface area contributed by atoms with Gasteiger partial charge in [-0.1, -0.05) is 13.3 Å². The number of nitrogens with one attached hydrogen (secondary N) is 1. The van der Waals surface area contributed by atoms with Crippen LogP contribution in [-0.2, 0) is 4.79 Å². The molecule has 1 aliphatic heterocycles. The van der Waals surface area contributed by atoms with Gasteiger partial charge in [0.05, 0.1) is 18.8 Å². The highest BCUT2D eigenvalue weighted by atomic mass is 16.3. The summed E-state index contributed by atoms with van der Waals surface area (Å²) in [5.41, 5.74) is 0. The van der Waals surface area contributed by atoms with Gasteiger partial charge in [-0.2, -0.15) is 0 Å². The quantitative estimate of drug-likeness (QED) is 0.750. The molecule has 2 rings (SSSR count). The van der Waals surface area contributed by atoms with Gasteiger partial charge in [0.1, 0.15) is 0 Å². The molecule has 0 spiro atoms. The fourth-order valence-corrected chi connectivity index (χ4v) is 2.88. The van der Waals surface area contributed by atoms with E-state index in [1.807, 2.05) is 4.90 Å². The maximum atomic E-state index is 11.8. The number of aliphatic hydroxyl groups is 1. The summed E-state index contributed by atoms with van der Waals surface area (Å²) in [6.07, 6.45) is 5.80. The Labute approximate surface area is 97.0 Å². The molecule has 0 aromatic carbocycles. The third kappa shape index (κ3) is 2.38. The SMILES string of the molecule is CCCC1NCC(=O)N1C1CCC(O)CC1. The summed E-state index contributed by atoms with van der Waals surface area (Å²) in [5.74, 6) is 0.236. The maximum Gasteiger partial charge on any atom is 0.238 e. The van der Waals surface area contributed by atoms with Crippen molar-refractivity contribution in [3.8, 4) is 0 Å². The maximum absolute atomic E-state index is 11.8. The Morgan fingerprint density at radius 1 is 1.38 bits per heavy atom. The summed E-state index contributed by atoms with van der Waals surface area (Å²) in [6.45, 7) is 2.64. The smallest absolute Gasteiger partial charge is 0.238 e. The predicted molar refractivity (Wildman–Crippen MR) is 61.8 cm³/mol. The van der Waals surface area contributed by atoms with Crippen LogP contribution in [0.1, 0.15) is 45.4 Å². The van der Waals surface area contributed by atoms with Crippen LogP contribution in [0.3, 0.4) is 0 Å². The van der Waals surface area contributed by atoms with E-state index in [0.717, 1.165) is 38.5 Å². The molecule has 1 aliphatic carbocycles. The topological polar surface area (TPSA) is 52.6 Å². The molecule has 2 aliphatic rings. The Hall–Kier alpha value is -0.610. The summed E-state index contributed by atoms with van der Waals surface area (Å²) in [4.78, 5) is 13.9. The third-order valence-corrected chi connectivity index (χ3v) is 3.73. The van der Waals surface area contributed by atoms with Crippen LogP contribution in [0.4, 0.5) is 0 Å². The Morgan fingerprint density at radius 2 is 2.06 bits per heavy atom. The largest absolute Gasteiger partial charge is 0.393 e. The molecular weight excluding hydrogens is 204 g/mol. The molecular formula is C12H22N2O2. The van der Waals surface area contributed by atoms with E-state index in [-0.39, 0.29) is 18.2 Å². The summed E-state index contributed by atoms with van der Waals surface area (Å²) < 4.78 is 0. The first-order valence-electron chi connectivity index (χ1n) is 6.45. The number of aliphatic hydroxyl groups excluding tert-OH is 1. The second-order valence-electron chi connectivity index (χ2n) is 4.95. The lowest BCUT2D eigenvalue weighted by atomic mass is 9.91. The van der Waals surface area contributed by atoms with Gasteiger partial charge in [-0.05, 0) is 32.1 Å². The molecule has 0 radical (unpaired) electrons. The van der Waals surface area contributed by atoms with Crippen molar-refractivity contribution in [1.82, 2.24) is 10.2 Å². The van der Waals surface area contributed by atoms with E-state index >= 15 is 0 Å². The molecule has 16 heavy (non-hydrogen) atoms. The number of hydrogen-bond donors (Lipinski definition) is 2. The van der Waals surface area contributed by atoms with Gasteiger partial charge in [0.2, 0.25) is 5.91 Å². The van der Waals surface area contributed by atoms with E-state index in [1.54, 1.807) is 0 Å². The highest BCUT2D eigenvalue weighted by Crippen LogP contribution is 2.26. The highest BCUT2D eigenvalue weighted by Gasteiger charge is 2.36. The lowest BCUT2D eigenvalue weighted by Gasteiger charge is -2.36. The normalized spacial score (nSPS) is 35.8. The zero-order valence-corrected chi connectivity index (χ0v) is 9.98. The predicted octanol–water partition coefficient (Wildman–Crippen LogP) is 0.848. The monoisotopic (exact) mass is 226 g/mol. The van der Waals surface area contributed by atoms with E-state index in [1.165, 1.54) is 0 Å². The number of carbonyl (C=O) groups is 1. The second-order valence-corrected chi connectivity index (χ2v) is 4.95. The number of hydrogen-bond acceptors (Lipinski definition) is 3. The average Bonchev–Trinajstić information content (AvgIpc) is 2.62. The molecule has 0 aromatic heterocycles. The Kier molecular flexibility index (Phi) is 3.82. The molecule has 4 heteroatoms. The van der Waals surface area contributed by atoms with Gasteiger partial charge in [-0.3, -0.25) is 10.1 Å². The van der Waals surface area contributed by atoms with Gasteiger partial charge < -0.3 is 10.0 Å². The molecule has 1 amide bonds. The summed E-state index contributed by atoms with van der Waals surface area (Å²) >= 11 is 0. The minimum Gasteiger partial charge on any atom is -0.393 e. The van der Waals surface area contributed by atoms with Crippen molar-refractivity contribution in [1.29, 1.82) is 0 Å². The molecule has 92 valence electrons. The van der Waals surface area contributed by atoms with Crippen LogP contribution in [0.2, 0.25) is 0 Å². The standard InChI is InChI=1S/C12H22N2O2/c1-2-3-11-13-8-12(16)14(11)9-4-6-10(15)7-5-9/h9-11,13,15H,2-8H2,1H3. The van der Waals surface area contributed by atoms with Crippen LogP contribution >= 0.6 is 0 Å². The van der Waals surface area contributed by atoms with E-state index < -0.39 is 0 Å². The Morgan fingerprint density at radius 3 is 2.69 bits per heavy atom. The van der Waals surface area contributed by atoms with Crippen LogP contribution in [0.25, 0.3) is 0 Å². The van der Waals surface area contributed by atoms with Crippen molar-refractivity contribution in [3.05, 3.63) is 0 Å². The molecule has 1 heterocycles. The molecule has 2 fully saturated rings. The zero-order chi connectivity index (χ0) is 11.5. The van der Waals surface area contributed by atoms with Gasteiger partial charge in [0, 0.05) is 6.04 Å². The van der Waals surface area contributed by atoms with Crippen molar-refractivity contribution >= 4 is 5.91 Å². The summed E-state index contributed by atoms with van der Waals surface area (Å²) in [7, 11) is 0. The molecule has 4 nitrogen and oxygen atoms in total. The van der Waals surface area contributed by atoms with E-state index in [2.05, 4.69) is 12.2 Å². The minimum atomic E-state index is -0.147. The third-order valence-electron chi connectivity index (χ3n) is 3.73. The van der Waals surface area contributed by atoms with Gasteiger partial charge in [0.15, 0.2) is 0 Å². The number of rotatable bonds is 3. The first-order valence-corrected chi connectivity index (χ1v) is 6.45. The fraction of sp³-hybridized carbons (Fsp3) is 0.917. The van der Waals surface area contributed by atoms with Crippen LogP contribution in [0.5, 0.6) is 0 Å². The number of carbonyl (C=O) groups excluding carboxylic acids is 1. The zero-order valence-electron chi connectivity index (χ0n) is 9.98. The first-order chi connectivity index (χ1) is 7.72. The molecule has 0 bridgehead atoms. The lowest BCUT2D eigenvalue weighted by Crippen LogP contribution is -2.46. The van der Waals surface area contributed by atoms with Crippen LogP contribution < -0.4 is 5.32 Å². The molecule has 1 saturated carbocycles. The Bertz CT molecular complexity index is 249. The van der Waals surface area contributed by atoms with Gasteiger partial charge in [-0.15, -0.1) is 0 Å². The molecule has 2 N–H and O–H groups in total. The van der Waals surface area contributed by atoms with Crippen LogP contribution in [0, 0.1) is 0 Å². The second kappa shape index (κ2) is 5.15. The minimum absolute atomic E-state index is 0.147. The lowest BCUT2D eigenvalue weighted by molar-refractivity contribution is -0.131. The number of nitrogens with zero attached hydrogens (tertiary/aromatic N) is 1. The van der Waals surface area contributed by atoms with Crippen molar-refractivity contribution in [2.24, 2.45) is 0 Å². The van der Waals surface area contributed by atoms with E-state index in [0.29, 0.717) is 12.6 Å². The number of amides is 1. The highest BCUT2D eigenvalue weighted by molar-refractivity contribution is 5.81. The van der Waals surface area contributed by atoms with Crippen molar-refractivity contribution in [2.45, 2.75) is 63.8 Å². The fourth-order valence-electron chi connectivity index (χ4n) is 2.88. The summed E-state index contributed by atoms with van der Waals surface area (Å²) in [5, 5.41) is 12.8. The van der Waals surface area contributed by atoms with Crippen LogP contribution in [0.15, 0.2) is 0 Å². The van der Waals surface area contributed by atoms with Crippen LogP contribution in [-0.4, -0.2) is 40.8 Å². The van der Waals surface area contributed by atoms with E-state index in [4.69, 9.17) is 0 Å². The van der Waals surface area contributed by atoms with Crippen molar-refractivity contribution in [2.75, 3.05) is 6.54 Å². The van der Waals surface area contributed by atoms with E-state index in [9.17, 15) is 9.90 Å². The van der Waals surface area contributed by atoms with Gasteiger partial charge >= 0.3 is 0 Å². The first kappa shape index (κ1) is 11.9. The van der Waals surface area contributed by atoms with Gasteiger partial charge in [0.25, 0.3) is 0 Å². The van der Waals surface area contributed by atoms with Crippen molar-refractivity contribution in [3.63, 3.8) is 0 Å². The molecule has 1 unspecified atom stereocenters.